The molecule has 1 aromatic carbocycles. The molecule has 4 nitrogen and oxygen atoms in total. The smallest absolute Gasteiger partial charge is 0.409 e. The van der Waals surface area contributed by atoms with Crippen LogP contribution in [0.2, 0.25) is 0 Å². The minimum atomic E-state index is -0.340. The second-order valence-electron chi connectivity index (χ2n) is 3.35. The van der Waals surface area contributed by atoms with E-state index in [1.807, 2.05) is 24.3 Å². The van der Waals surface area contributed by atoms with Crippen molar-refractivity contribution in [2.45, 2.75) is 13.1 Å². The molecule has 1 rings (SSSR count). The highest BCUT2D eigenvalue weighted by Gasteiger charge is 2.08. The molecular formula is C11H16N2O2. The van der Waals surface area contributed by atoms with Gasteiger partial charge in [-0.15, -0.1) is 0 Å². The lowest BCUT2D eigenvalue weighted by Crippen LogP contribution is -2.25. The quantitative estimate of drug-likeness (QED) is 0.815. The van der Waals surface area contributed by atoms with Crippen LogP contribution in [0.25, 0.3) is 0 Å². The monoisotopic (exact) mass is 208 g/mol. The molecule has 0 heterocycles. The van der Waals surface area contributed by atoms with Crippen molar-refractivity contribution in [2.75, 3.05) is 14.2 Å². The summed E-state index contributed by atoms with van der Waals surface area (Å²) in [6.07, 6.45) is -0.340. The van der Waals surface area contributed by atoms with E-state index in [4.69, 9.17) is 5.73 Å². The Labute approximate surface area is 89.6 Å². The first-order chi connectivity index (χ1) is 7.17. The second kappa shape index (κ2) is 5.36. The first-order valence-corrected chi connectivity index (χ1v) is 4.74. The van der Waals surface area contributed by atoms with Gasteiger partial charge in [-0.2, -0.15) is 0 Å². The third-order valence-corrected chi connectivity index (χ3v) is 2.13. The highest BCUT2D eigenvalue weighted by atomic mass is 16.5. The fraction of sp³-hybridized carbons (Fsp3) is 0.364. The number of benzene rings is 1. The molecule has 0 aliphatic heterocycles. The third-order valence-electron chi connectivity index (χ3n) is 2.13. The zero-order chi connectivity index (χ0) is 11.3. The van der Waals surface area contributed by atoms with Gasteiger partial charge in [0.1, 0.15) is 0 Å². The number of ether oxygens (including phenoxy) is 1. The van der Waals surface area contributed by atoms with Gasteiger partial charge in [0.15, 0.2) is 0 Å². The van der Waals surface area contributed by atoms with Crippen molar-refractivity contribution in [3.63, 3.8) is 0 Å². The SMILES string of the molecule is COC(=O)N(C)Cc1cccc(CN)c1. The number of rotatable bonds is 3. The van der Waals surface area contributed by atoms with E-state index >= 15 is 0 Å². The van der Waals surface area contributed by atoms with Crippen LogP contribution >= 0.6 is 0 Å². The number of hydrogen-bond donors (Lipinski definition) is 1. The van der Waals surface area contributed by atoms with Gasteiger partial charge in [0.2, 0.25) is 0 Å². The molecule has 0 saturated heterocycles. The van der Waals surface area contributed by atoms with Crippen molar-refractivity contribution in [2.24, 2.45) is 5.73 Å². The molecule has 15 heavy (non-hydrogen) atoms. The lowest BCUT2D eigenvalue weighted by Gasteiger charge is -2.15. The summed E-state index contributed by atoms with van der Waals surface area (Å²) in [7, 11) is 3.07. The Morgan fingerprint density at radius 2 is 2.13 bits per heavy atom. The van der Waals surface area contributed by atoms with E-state index in [1.54, 1.807) is 7.05 Å². The van der Waals surface area contributed by atoms with Gasteiger partial charge in [0.05, 0.1) is 7.11 Å². The van der Waals surface area contributed by atoms with Gasteiger partial charge in [-0.1, -0.05) is 24.3 Å². The summed E-state index contributed by atoms with van der Waals surface area (Å²) in [5, 5.41) is 0. The number of carbonyl (C=O) groups is 1. The van der Waals surface area contributed by atoms with Crippen LogP contribution < -0.4 is 5.73 Å². The maximum absolute atomic E-state index is 11.1. The summed E-state index contributed by atoms with van der Waals surface area (Å²) in [6.45, 7) is 1.04. The molecule has 0 saturated carbocycles. The van der Waals surface area contributed by atoms with Gasteiger partial charge >= 0.3 is 6.09 Å². The maximum atomic E-state index is 11.1. The minimum absolute atomic E-state index is 0.340. The van der Waals surface area contributed by atoms with Crippen LogP contribution in [-0.2, 0) is 17.8 Å². The Morgan fingerprint density at radius 3 is 2.73 bits per heavy atom. The molecule has 0 aliphatic carbocycles. The van der Waals surface area contributed by atoms with E-state index in [9.17, 15) is 4.79 Å². The molecule has 1 amide bonds. The number of methoxy groups -OCH3 is 1. The predicted molar refractivity (Wildman–Crippen MR) is 58.2 cm³/mol. The molecule has 0 spiro atoms. The van der Waals surface area contributed by atoms with E-state index < -0.39 is 0 Å². The zero-order valence-electron chi connectivity index (χ0n) is 9.06. The molecular weight excluding hydrogens is 192 g/mol. The van der Waals surface area contributed by atoms with Crippen LogP contribution in [0.3, 0.4) is 0 Å². The first kappa shape index (κ1) is 11.5. The number of nitrogens with two attached hydrogens (primary N) is 1. The van der Waals surface area contributed by atoms with Crippen LogP contribution in [0, 0.1) is 0 Å². The molecule has 0 radical (unpaired) electrons. The van der Waals surface area contributed by atoms with E-state index in [0.717, 1.165) is 11.1 Å². The summed E-state index contributed by atoms with van der Waals surface area (Å²) in [4.78, 5) is 12.7. The fourth-order valence-corrected chi connectivity index (χ4v) is 1.35. The van der Waals surface area contributed by atoms with Crippen LogP contribution in [0.1, 0.15) is 11.1 Å². The number of amides is 1. The van der Waals surface area contributed by atoms with Gasteiger partial charge in [-0.25, -0.2) is 4.79 Å². The van der Waals surface area contributed by atoms with Crippen molar-refractivity contribution < 1.29 is 9.53 Å². The number of hydrogen-bond acceptors (Lipinski definition) is 3. The first-order valence-electron chi connectivity index (χ1n) is 4.74. The lowest BCUT2D eigenvalue weighted by molar-refractivity contribution is 0.131. The van der Waals surface area contributed by atoms with Crippen molar-refractivity contribution >= 4 is 6.09 Å². The standard InChI is InChI=1S/C11H16N2O2/c1-13(11(14)15-2)8-10-5-3-4-9(6-10)7-12/h3-6H,7-8,12H2,1-2H3. The summed E-state index contributed by atoms with van der Waals surface area (Å²) in [5.74, 6) is 0. The molecule has 2 N–H and O–H groups in total. The Kier molecular flexibility index (Phi) is 4.12. The third kappa shape index (κ3) is 3.25. The molecule has 0 aliphatic rings. The van der Waals surface area contributed by atoms with Crippen LogP contribution in [-0.4, -0.2) is 25.2 Å². The van der Waals surface area contributed by atoms with Crippen molar-refractivity contribution in [3.8, 4) is 0 Å². The maximum Gasteiger partial charge on any atom is 0.409 e. The van der Waals surface area contributed by atoms with E-state index in [2.05, 4.69) is 4.74 Å². The second-order valence-corrected chi connectivity index (χ2v) is 3.35. The fourth-order valence-electron chi connectivity index (χ4n) is 1.35. The Balaban J connectivity index is 2.67. The average Bonchev–Trinajstić information content (AvgIpc) is 2.28. The topological polar surface area (TPSA) is 55.6 Å². The number of nitrogens with zero attached hydrogens (tertiary/aromatic N) is 1. The van der Waals surface area contributed by atoms with Gasteiger partial charge in [0.25, 0.3) is 0 Å². The summed E-state index contributed by atoms with van der Waals surface area (Å²) in [5.41, 5.74) is 7.64. The highest BCUT2D eigenvalue weighted by molar-refractivity contribution is 5.66. The molecule has 82 valence electrons. The van der Waals surface area contributed by atoms with Crippen molar-refractivity contribution in [1.29, 1.82) is 0 Å². The van der Waals surface area contributed by atoms with Crippen molar-refractivity contribution in [3.05, 3.63) is 35.4 Å². The van der Waals surface area contributed by atoms with Crippen LogP contribution in [0.4, 0.5) is 4.79 Å². The van der Waals surface area contributed by atoms with Crippen molar-refractivity contribution in [1.82, 2.24) is 4.90 Å². The summed E-state index contributed by atoms with van der Waals surface area (Å²) in [6, 6.07) is 7.84. The normalized spacial score (nSPS) is 9.80. The van der Waals surface area contributed by atoms with Gasteiger partial charge in [-0.3, -0.25) is 0 Å². The average molecular weight is 208 g/mol. The summed E-state index contributed by atoms with van der Waals surface area (Å²) >= 11 is 0. The molecule has 0 atom stereocenters. The van der Waals surface area contributed by atoms with E-state index in [1.165, 1.54) is 12.0 Å². The Bertz CT molecular complexity index is 339. The molecule has 0 bridgehead atoms. The van der Waals surface area contributed by atoms with Gasteiger partial charge < -0.3 is 15.4 Å². The minimum Gasteiger partial charge on any atom is -0.453 e. The predicted octanol–water partition coefficient (Wildman–Crippen LogP) is 1.34. The Morgan fingerprint density at radius 1 is 1.47 bits per heavy atom. The molecule has 4 heteroatoms. The van der Waals surface area contributed by atoms with Gasteiger partial charge in [0, 0.05) is 20.1 Å². The highest BCUT2D eigenvalue weighted by Crippen LogP contribution is 2.07. The zero-order valence-corrected chi connectivity index (χ0v) is 9.06. The Hall–Kier alpha value is -1.55. The number of carbonyl (C=O) groups excluding carboxylic acids is 1. The summed E-state index contributed by atoms with van der Waals surface area (Å²) < 4.78 is 4.60. The molecule has 1 aromatic rings. The lowest BCUT2D eigenvalue weighted by atomic mass is 10.1. The molecule has 0 fully saturated rings. The van der Waals surface area contributed by atoms with E-state index in [0.29, 0.717) is 13.1 Å². The molecule has 0 unspecified atom stereocenters. The largest absolute Gasteiger partial charge is 0.453 e. The van der Waals surface area contributed by atoms with Crippen LogP contribution in [0.5, 0.6) is 0 Å². The van der Waals surface area contributed by atoms with Crippen LogP contribution in [0.15, 0.2) is 24.3 Å². The molecule has 0 aromatic heterocycles. The van der Waals surface area contributed by atoms with E-state index in [-0.39, 0.29) is 6.09 Å². The van der Waals surface area contributed by atoms with Gasteiger partial charge in [-0.05, 0) is 11.1 Å².